The summed E-state index contributed by atoms with van der Waals surface area (Å²) in [6.45, 7) is 4.68. The third-order valence-electron chi connectivity index (χ3n) is 3.06. The van der Waals surface area contributed by atoms with E-state index in [0.29, 0.717) is 22.9 Å². The van der Waals surface area contributed by atoms with Crippen LogP contribution in [0.2, 0.25) is 0 Å². The predicted molar refractivity (Wildman–Crippen MR) is 96.3 cm³/mol. The van der Waals surface area contributed by atoms with Crippen molar-refractivity contribution in [3.63, 3.8) is 0 Å². The van der Waals surface area contributed by atoms with Gasteiger partial charge in [-0.2, -0.15) is 14.9 Å². The van der Waals surface area contributed by atoms with Crippen LogP contribution in [0.1, 0.15) is 31.7 Å². The lowest BCUT2D eigenvalue weighted by Gasteiger charge is -2.12. The summed E-state index contributed by atoms with van der Waals surface area (Å²) in [4.78, 5) is 0. The number of aryl methyl sites for hydroxylation is 1. The molecule has 124 valence electrons. The number of halogens is 1. The number of nitrogens with one attached hydrogen (secondary N) is 1. The number of hydrogen-bond donors (Lipinski definition) is 1. The zero-order valence-corrected chi connectivity index (χ0v) is 15.7. The maximum absolute atomic E-state index is 5.72. The molecule has 0 atom stereocenters. The van der Waals surface area contributed by atoms with Crippen LogP contribution in [-0.2, 0) is 6.42 Å². The molecule has 1 N–H and O–H groups in total. The molecule has 0 unspecified atom stereocenters. The van der Waals surface area contributed by atoms with Gasteiger partial charge in [-0.05, 0) is 52.3 Å². The lowest BCUT2D eigenvalue weighted by molar-refractivity contribution is 0.292. The van der Waals surface area contributed by atoms with Crippen LogP contribution < -0.4 is 9.47 Å². The molecule has 6 nitrogen and oxygen atoms in total. The SMILES string of the molecule is CCCOc1c(Br)cc(/C=N/n2c(CC)n[nH]c2=S)cc1OC. The summed E-state index contributed by atoms with van der Waals surface area (Å²) in [7, 11) is 1.61. The normalized spacial score (nSPS) is 11.1. The highest BCUT2D eigenvalue weighted by Gasteiger charge is 2.11. The van der Waals surface area contributed by atoms with Gasteiger partial charge in [-0.25, -0.2) is 0 Å². The van der Waals surface area contributed by atoms with Crippen LogP contribution in [0.3, 0.4) is 0 Å². The van der Waals surface area contributed by atoms with Crippen molar-refractivity contribution >= 4 is 34.4 Å². The van der Waals surface area contributed by atoms with E-state index in [2.05, 4.69) is 38.2 Å². The first-order chi connectivity index (χ1) is 11.1. The molecule has 1 aromatic heterocycles. The Morgan fingerprint density at radius 1 is 1.43 bits per heavy atom. The predicted octanol–water partition coefficient (Wildman–Crippen LogP) is 3.95. The molecule has 1 heterocycles. The number of benzene rings is 1. The summed E-state index contributed by atoms with van der Waals surface area (Å²) in [5, 5.41) is 11.3. The molecule has 2 rings (SSSR count). The van der Waals surface area contributed by atoms with Crippen LogP contribution in [0.15, 0.2) is 21.7 Å². The lowest BCUT2D eigenvalue weighted by atomic mass is 10.2. The first-order valence-electron chi connectivity index (χ1n) is 7.31. The Morgan fingerprint density at radius 3 is 2.87 bits per heavy atom. The fourth-order valence-corrected chi connectivity index (χ4v) is 2.73. The van der Waals surface area contributed by atoms with Gasteiger partial charge in [0, 0.05) is 6.42 Å². The van der Waals surface area contributed by atoms with Crippen LogP contribution in [0.4, 0.5) is 0 Å². The van der Waals surface area contributed by atoms with Crippen molar-refractivity contribution < 1.29 is 9.47 Å². The van der Waals surface area contributed by atoms with E-state index in [1.165, 1.54) is 0 Å². The van der Waals surface area contributed by atoms with Crippen molar-refractivity contribution in [1.82, 2.24) is 14.9 Å². The van der Waals surface area contributed by atoms with Gasteiger partial charge in [0.1, 0.15) is 0 Å². The zero-order valence-electron chi connectivity index (χ0n) is 13.3. The number of aromatic amines is 1. The van der Waals surface area contributed by atoms with Gasteiger partial charge in [0.2, 0.25) is 4.77 Å². The Labute approximate surface area is 148 Å². The van der Waals surface area contributed by atoms with Crippen molar-refractivity contribution in [3.05, 3.63) is 32.8 Å². The first kappa shape index (κ1) is 17.7. The van der Waals surface area contributed by atoms with Gasteiger partial charge < -0.3 is 9.47 Å². The van der Waals surface area contributed by atoms with Crippen molar-refractivity contribution in [2.75, 3.05) is 13.7 Å². The minimum absolute atomic E-state index is 0.465. The molecule has 0 bridgehead atoms. The maximum atomic E-state index is 5.72. The summed E-state index contributed by atoms with van der Waals surface area (Å²) in [5.74, 6) is 2.13. The molecule has 1 aromatic carbocycles. The van der Waals surface area contributed by atoms with E-state index < -0.39 is 0 Å². The second-order valence-electron chi connectivity index (χ2n) is 4.74. The quantitative estimate of drug-likeness (QED) is 0.566. The van der Waals surface area contributed by atoms with E-state index >= 15 is 0 Å². The Morgan fingerprint density at radius 2 is 2.22 bits per heavy atom. The number of nitrogens with zero attached hydrogens (tertiary/aromatic N) is 3. The Balaban J connectivity index is 2.33. The maximum Gasteiger partial charge on any atom is 0.216 e. The minimum atomic E-state index is 0.465. The number of hydrogen-bond acceptors (Lipinski definition) is 5. The molecule has 0 aliphatic carbocycles. The van der Waals surface area contributed by atoms with E-state index in [4.69, 9.17) is 21.7 Å². The molecule has 2 aromatic rings. The van der Waals surface area contributed by atoms with Crippen LogP contribution in [0, 0.1) is 4.77 Å². The average Bonchev–Trinajstić information content (AvgIpc) is 2.91. The van der Waals surface area contributed by atoms with Crippen LogP contribution in [0.5, 0.6) is 11.5 Å². The fraction of sp³-hybridized carbons (Fsp3) is 0.400. The lowest BCUT2D eigenvalue weighted by Crippen LogP contribution is -2.00. The van der Waals surface area contributed by atoms with Gasteiger partial charge in [-0.3, -0.25) is 5.10 Å². The average molecular weight is 399 g/mol. The highest BCUT2D eigenvalue weighted by Crippen LogP contribution is 2.36. The van der Waals surface area contributed by atoms with Crippen molar-refractivity contribution in [1.29, 1.82) is 0 Å². The summed E-state index contributed by atoms with van der Waals surface area (Å²) < 4.78 is 14.0. The van der Waals surface area contributed by atoms with E-state index in [-0.39, 0.29) is 0 Å². The summed E-state index contributed by atoms with van der Waals surface area (Å²) in [6, 6.07) is 3.79. The van der Waals surface area contributed by atoms with E-state index in [9.17, 15) is 0 Å². The minimum Gasteiger partial charge on any atom is -0.493 e. The molecule has 0 saturated heterocycles. The number of methoxy groups -OCH3 is 1. The van der Waals surface area contributed by atoms with Gasteiger partial charge in [0.15, 0.2) is 17.3 Å². The Hall–Kier alpha value is -1.67. The number of H-pyrrole nitrogens is 1. The molecular weight excluding hydrogens is 380 g/mol. The van der Waals surface area contributed by atoms with Crippen molar-refractivity contribution in [2.24, 2.45) is 5.10 Å². The molecule has 8 heteroatoms. The van der Waals surface area contributed by atoms with Crippen LogP contribution in [-0.4, -0.2) is 34.8 Å². The molecule has 0 radical (unpaired) electrons. The Bertz CT molecular complexity index is 754. The summed E-state index contributed by atoms with van der Waals surface area (Å²) in [6.07, 6.45) is 3.37. The van der Waals surface area contributed by atoms with Crippen molar-refractivity contribution in [3.8, 4) is 11.5 Å². The van der Waals surface area contributed by atoms with Gasteiger partial charge in [0.25, 0.3) is 0 Å². The summed E-state index contributed by atoms with van der Waals surface area (Å²) >= 11 is 8.69. The highest BCUT2D eigenvalue weighted by atomic mass is 79.9. The monoisotopic (exact) mass is 398 g/mol. The van der Waals surface area contributed by atoms with Gasteiger partial charge in [0.05, 0.1) is 24.4 Å². The third-order valence-corrected chi connectivity index (χ3v) is 3.91. The smallest absolute Gasteiger partial charge is 0.216 e. The standard InChI is InChI=1S/C15H19BrN4O2S/c1-4-6-22-14-11(16)7-10(8-12(14)21-3)9-17-20-13(5-2)18-19-15(20)23/h7-9H,4-6H2,1-3H3,(H,19,23)/b17-9+. The topological polar surface area (TPSA) is 64.4 Å². The Kier molecular flexibility index (Phi) is 6.35. The fourth-order valence-electron chi connectivity index (χ4n) is 1.96. The molecule has 0 fully saturated rings. The van der Waals surface area contributed by atoms with Crippen LogP contribution in [0.25, 0.3) is 0 Å². The van der Waals surface area contributed by atoms with E-state index in [1.54, 1.807) is 18.0 Å². The number of ether oxygens (including phenoxy) is 2. The van der Waals surface area contributed by atoms with Gasteiger partial charge in [-0.15, -0.1) is 0 Å². The molecular formula is C15H19BrN4O2S. The van der Waals surface area contributed by atoms with Gasteiger partial charge in [-0.1, -0.05) is 13.8 Å². The zero-order chi connectivity index (χ0) is 16.8. The number of aromatic nitrogens is 3. The third kappa shape index (κ3) is 4.20. The van der Waals surface area contributed by atoms with Crippen molar-refractivity contribution in [2.45, 2.75) is 26.7 Å². The summed E-state index contributed by atoms with van der Waals surface area (Å²) in [5.41, 5.74) is 0.864. The largest absolute Gasteiger partial charge is 0.493 e. The molecule has 23 heavy (non-hydrogen) atoms. The number of rotatable bonds is 7. The van der Waals surface area contributed by atoms with Crippen LogP contribution >= 0.6 is 28.1 Å². The molecule has 0 saturated carbocycles. The first-order valence-corrected chi connectivity index (χ1v) is 8.51. The van der Waals surface area contributed by atoms with E-state index in [0.717, 1.165) is 28.7 Å². The van der Waals surface area contributed by atoms with E-state index in [1.807, 2.05) is 19.1 Å². The second kappa shape index (κ2) is 8.26. The van der Waals surface area contributed by atoms with Gasteiger partial charge >= 0.3 is 0 Å². The second-order valence-corrected chi connectivity index (χ2v) is 5.98. The highest BCUT2D eigenvalue weighted by molar-refractivity contribution is 9.10. The molecule has 0 spiro atoms. The molecule has 0 aliphatic heterocycles. The molecule has 0 aliphatic rings. The molecule has 0 amide bonds.